The topological polar surface area (TPSA) is 108 Å². The maximum atomic E-state index is 13.4. The monoisotopic (exact) mass is 554 g/mol. The van der Waals surface area contributed by atoms with Crippen LogP contribution < -0.4 is 30.7 Å². The molecular weight excluding hydrogens is 524 g/mol. The summed E-state index contributed by atoms with van der Waals surface area (Å²) in [6.07, 6.45) is 5.10. The van der Waals surface area contributed by atoms with E-state index in [1.807, 2.05) is 37.4 Å². The van der Waals surface area contributed by atoms with E-state index in [0.717, 1.165) is 28.1 Å². The number of pyridine rings is 1. The zero-order valence-corrected chi connectivity index (χ0v) is 23.7. The number of amides is 1. The number of hydrogen-bond acceptors (Lipinski definition) is 7. The molecule has 38 heavy (non-hydrogen) atoms. The van der Waals surface area contributed by atoms with Crippen molar-refractivity contribution in [1.82, 2.24) is 15.9 Å². The number of hydrazine groups is 2. The fraction of sp³-hybridized carbons (Fsp3) is 0.259. The van der Waals surface area contributed by atoms with Gasteiger partial charge in [-0.25, -0.2) is 9.19 Å². The first-order valence-electron chi connectivity index (χ1n) is 11.9. The van der Waals surface area contributed by atoms with Gasteiger partial charge >= 0.3 is 0 Å². The van der Waals surface area contributed by atoms with Crippen molar-refractivity contribution >= 4 is 51.3 Å². The summed E-state index contributed by atoms with van der Waals surface area (Å²) in [5.41, 5.74) is 11.9. The maximum Gasteiger partial charge on any atom is 0.255 e. The number of methoxy groups -OCH3 is 1. The van der Waals surface area contributed by atoms with Crippen LogP contribution in [0.2, 0.25) is 5.15 Å². The molecule has 11 heteroatoms. The van der Waals surface area contributed by atoms with Gasteiger partial charge in [-0.1, -0.05) is 38.4 Å². The van der Waals surface area contributed by atoms with Gasteiger partial charge in [0.1, 0.15) is 16.1 Å². The Bertz CT molecular complexity index is 1420. The van der Waals surface area contributed by atoms with Crippen LogP contribution in [-0.4, -0.2) is 28.5 Å². The number of carbonyl (C=O) groups is 1. The Morgan fingerprint density at radius 3 is 2.50 bits per heavy atom. The molecule has 1 amide bonds. The Morgan fingerprint density at radius 2 is 1.87 bits per heavy atom. The van der Waals surface area contributed by atoms with Gasteiger partial charge in [-0.15, -0.1) is 5.53 Å². The molecule has 9 nitrogen and oxygen atoms in total. The number of benzene rings is 2. The predicted octanol–water partition coefficient (Wildman–Crippen LogP) is 5.14. The first-order chi connectivity index (χ1) is 18.0. The third kappa shape index (κ3) is 6.09. The lowest BCUT2D eigenvalue weighted by Gasteiger charge is -2.24. The molecule has 2 aromatic carbocycles. The van der Waals surface area contributed by atoms with Gasteiger partial charge in [0.15, 0.2) is 5.75 Å². The summed E-state index contributed by atoms with van der Waals surface area (Å²) in [6.45, 7) is 8.17. The van der Waals surface area contributed by atoms with E-state index >= 15 is 0 Å². The fourth-order valence-corrected chi connectivity index (χ4v) is 4.51. The minimum absolute atomic E-state index is 0.216. The molecule has 200 valence electrons. The molecule has 3 aromatic rings. The van der Waals surface area contributed by atoms with Crippen molar-refractivity contribution in [2.45, 2.75) is 33.1 Å². The molecule has 2 heterocycles. The van der Waals surface area contributed by atoms with E-state index in [4.69, 9.17) is 16.3 Å². The van der Waals surface area contributed by atoms with Crippen LogP contribution in [-0.2, 0) is 16.4 Å². The number of carbonyl (C=O) groups excluding carboxylic acids is 1. The third-order valence-electron chi connectivity index (χ3n) is 6.00. The minimum atomic E-state index is -1.32. The average molecular weight is 555 g/mol. The molecule has 1 aromatic heterocycles. The predicted molar refractivity (Wildman–Crippen MR) is 154 cm³/mol. The summed E-state index contributed by atoms with van der Waals surface area (Å²) in [4.78, 5) is 17.6. The second kappa shape index (κ2) is 11.0. The number of anilines is 3. The zero-order chi connectivity index (χ0) is 27.6. The molecule has 0 saturated heterocycles. The quantitative estimate of drug-likeness (QED) is 0.300. The lowest BCUT2D eigenvalue weighted by atomic mass is 9.86. The van der Waals surface area contributed by atoms with E-state index in [1.54, 1.807) is 35.7 Å². The molecule has 0 spiro atoms. The van der Waals surface area contributed by atoms with Gasteiger partial charge in [0.2, 0.25) is 0 Å². The number of ether oxygens (including phenoxy) is 1. The van der Waals surface area contributed by atoms with Crippen LogP contribution in [0.5, 0.6) is 5.75 Å². The second-order valence-electron chi connectivity index (χ2n) is 9.89. The molecule has 0 radical (unpaired) electrons. The molecule has 4 rings (SSSR count). The van der Waals surface area contributed by atoms with Crippen molar-refractivity contribution in [3.63, 3.8) is 0 Å². The smallest absolute Gasteiger partial charge is 0.255 e. The van der Waals surface area contributed by atoms with Crippen molar-refractivity contribution < 1.29 is 13.7 Å². The maximum absolute atomic E-state index is 13.4. The lowest BCUT2D eigenvalue weighted by molar-refractivity contribution is 0.102. The number of aromatic nitrogens is 1. The Hall–Kier alpha value is -3.60. The van der Waals surface area contributed by atoms with Crippen LogP contribution in [0.25, 0.3) is 5.70 Å². The molecule has 1 unspecified atom stereocenters. The van der Waals surface area contributed by atoms with Crippen molar-refractivity contribution in [3.8, 4) is 5.75 Å². The van der Waals surface area contributed by atoms with Gasteiger partial charge in [-0.05, 0) is 59.9 Å². The third-order valence-corrected chi connectivity index (χ3v) is 6.73. The average Bonchev–Trinajstić information content (AvgIpc) is 3.33. The fourth-order valence-electron chi connectivity index (χ4n) is 3.94. The molecule has 1 atom stereocenters. The van der Waals surface area contributed by atoms with Crippen LogP contribution in [0.1, 0.15) is 47.8 Å². The zero-order valence-electron chi connectivity index (χ0n) is 22.1. The van der Waals surface area contributed by atoms with Crippen LogP contribution in [0, 0.1) is 6.92 Å². The van der Waals surface area contributed by atoms with Crippen LogP contribution >= 0.6 is 11.6 Å². The number of nitrogens with zero attached hydrogens (tertiary/aromatic N) is 2. The van der Waals surface area contributed by atoms with Gasteiger partial charge < -0.3 is 20.2 Å². The summed E-state index contributed by atoms with van der Waals surface area (Å²) >= 11 is 5.91. The molecule has 1 aliphatic rings. The Kier molecular flexibility index (Phi) is 7.96. The summed E-state index contributed by atoms with van der Waals surface area (Å²) in [6, 6.07) is 12.8. The van der Waals surface area contributed by atoms with Crippen molar-refractivity contribution in [2.24, 2.45) is 0 Å². The molecule has 0 bridgehead atoms. The largest absolute Gasteiger partial charge is 0.492 e. The number of rotatable bonds is 7. The highest BCUT2D eigenvalue weighted by molar-refractivity contribution is 7.85. The Morgan fingerprint density at radius 1 is 1.13 bits per heavy atom. The van der Waals surface area contributed by atoms with Crippen LogP contribution in [0.3, 0.4) is 0 Å². The molecule has 0 saturated carbocycles. The molecule has 4 N–H and O–H groups in total. The van der Waals surface area contributed by atoms with Crippen molar-refractivity contribution in [3.05, 3.63) is 82.3 Å². The van der Waals surface area contributed by atoms with Gasteiger partial charge in [0.05, 0.1) is 29.9 Å². The number of nitrogens with one attached hydrogen (secondary N) is 4. The molecular formula is C27H31ClN6O3S. The number of hydrogen-bond donors (Lipinski definition) is 4. The van der Waals surface area contributed by atoms with Gasteiger partial charge in [-0.2, -0.15) is 0 Å². The molecule has 0 aliphatic carbocycles. The van der Waals surface area contributed by atoms with E-state index in [9.17, 15) is 9.00 Å². The van der Waals surface area contributed by atoms with Crippen molar-refractivity contribution in [2.75, 3.05) is 28.4 Å². The Balaban J connectivity index is 1.65. The van der Waals surface area contributed by atoms with E-state index < -0.39 is 11.0 Å². The number of halogens is 1. The Labute approximate surface area is 230 Å². The lowest BCUT2D eigenvalue weighted by Crippen LogP contribution is -2.36. The first-order valence-corrected chi connectivity index (χ1v) is 13.8. The molecule has 0 fully saturated rings. The summed E-state index contributed by atoms with van der Waals surface area (Å²) < 4.78 is 20.5. The van der Waals surface area contributed by atoms with Gasteiger partial charge in [0, 0.05) is 29.8 Å². The summed E-state index contributed by atoms with van der Waals surface area (Å²) in [5.74, 6) is 0.0980. The van der Waals surface area contributed by atoms with Gasteiger partial charge in [0.25, 0.3) is 5.91 Å². The van der Waals surface area contributed by atoms with Crippen LogP contribution in [0.15, 0.2) is 54.9 Å². The van der Waals surface area contributed by atoms with Crippen molar-refractivity contribution in [1.29, 1.82) is 0 Å². The van der Waals surface area contributed by atoms with E-state index in [0.29, 0.717) is 27.8 Å². The van der Waals surface area contributed by atoms with E-state index in [2.05, 4.69) is 46.8 Å². The SMILES string of the molecule is COc1c(NC(=O)c2ccc(C)c(N3C=C(c4ccc(Cl)nc4)NN3)c2)cc(C(C)(C)C)cc1NS(C)=O. The first kappa shape index (κ1) is 27.4. The second-order valence-corrected chi connectivity index (χ2v) is 11.4. The minimum Gasteiger partial charge on any atom is -0.492 e. The van der Waals surface area contributed by atoms with Crippen LogP contribution in [0.4, 0.5) is 17.1 Å². The summed E-state index contributed by atoms with van der Waals surface area (Å²) in [7, 11) is 0.193. The number of aryl methyl sites for hydroxylation is 1. The highest BCUT2D eigenvalue weighted by Crippen LogP contribution is 2.39. The van der Waals surface area contributed by atoms with Gasteiger partial charge in [-0.3, -0.25) is 9.80 Å². The molecule has 1 aliphatic heterocycles. The van der Waals surface area contributed by atoms with E-state index in [1.165, 1.54) is 7.11 Å². The van der Waals surface area contributed by atoms with E-state index in [-0.39, 0.29) is 11.3 Å². The highest BCUT2D eigenvalue weighted by Gasteiger charge is 2.23. The summed E-state index contributed by atoms with van der Waals surface area (Å²) in [5, 5.41) is 5.21. The highest BCUT2D eigenvalue weighted by atomic mass is 35.5. The normalized spacial score (nSPS) is 14.0. The standard InChI is InChI=1S/C27H31ClN6O3S/c1-16-7-8-17(11-23(16)34-15-22(31-33-34)18-9-10-24(28)29-14-18)26(35)30-20-12-19(27(2,3)4)13-21(25(20)37-5)32-38(6)36/h7-15,31-33H,1-6H3,(H,30,35).